The number of rotatable bonds is 10. The first-order valence-corrected chi connectivity index (χ1v) is 10.5. The molecule has 3 heteroatoms. The van der Waals surface area contributed by atoms with Crippen LogP contribution in [0.15, 0.2) is 0 Å². The highest BCUT2D eigenvalue weighted by molar-refractivity contribution is 6.77. The highest BCUT2D eigenvalue weighted by Crippen LogP contribution is 2.42. The molecule has 0 amide bonds. The zero-order chi connectivity index (χ0) is 16.5. The first-order chi connectivity index (χ1) is 9.78. The van der Waals surface area contributed by atoms with E-state index in [9.17, 15) is 4.79 Å². The van der Waals surface area contributed by atoms with Gasteiger partial charge in [-0.05, 0) is 30.0 Å². The molecule has 0 atom stereocenters. The van der Waals surface area contributed by atoms with Gasteiger partial charge in [-0.1, -0.05) is 41.5 Å². The third-order valence-corrected chi connectivity index (χ3v) is 10.5. The Bertz CT molecular complexity index is 339. The molecule has 0 aliphatic carbocycles. The second kappa shape index (κ2) is 10.2. The average molecular weight is 311 g/mol. The van der Waals surface area contributed by atoms with Gasteiger partial charge in [0.1, 0.15) is 5.78 Å². The average Bonchev–Trinajstić information content (AvgIpc) is 2.37. The number of hydrogen-bond acceptors (Lipinski definition) is 2. The Hall–Kier alpha value is -0.593. The topological polar surface area (TPSA) is 26.3 Å². The minimum Gasteiger partial charge on any atom is -0.416 e. The van der Waals surface area contributed by atoms with E-state index >= 15 is 0 Å². The Morgan fingerprint density at radius 3 is 1.95 bits per heavy atom. The first kappa shape index (κ1) is 20.4. The van der Waals surface area contributed by atoms with Gasteiger partial charge in [0.2, 0.25) is 0 Å². The molecular formula is C18H34O2Si. The minimum atomic E-state index is -1.76. The molecule has 0 saturated heterocycles. The third-order valence-electron chi connectivity index (χ3n) is 4.36. The summed E-state index contributed by atoms with van der Waals surface area (Å²) in [5, 5.41) is 0. The van der Waals surface area contributed by atoms with Crippen molar-refractivity contribution in [1.82, 2.24) is 0 Å². The van der Waals surface area contributed by atoms with Crippen molar-refractivity contribution < 1.29 is 9.22 Å². The summed E-state index contributed by atoms with van der Waals surface area (Å²) >= 11 is 0. The van der Waals surface area contributed by atoms with Crippen LogP contribution < -0.4 is 0 Å². The molecular weight excluding hydrogens is 276 g/mol. The number of hydrogen-bond donors (Lipinski definition) is 0. The third kappa shape index (κ3) is 6.36. The van der Waals surface area contributed by atoms with E-state index < -0.39 is 8.32 Å². The number of ketones is 1. The smallest absolute Gasteiger partial charge is 0.200 e. The summed E-state index contributed by atoms with van der Waals surface area (Å²) in [5.74, 6) is 6.08. The molecule has 0 heterocycles. The van der Waals surface area contributed by atoms with Crippen LogP contribution in [-0.2, 0) is 9.22 Å². The quantitative estimate of drug-likeness (QED) is 0.309. The van der Waals surface area contributed by atoms with Crippen molar-refractivity contribution >= 4 is 14.1 Å². The molecule has 0 unspecified atom stereocenters. The van der Waals surface area contributed by atoms with E-state index in [-0.39, 0.29) is 0 Å². The zero-order valence-corrected chi connectivity index (χ0v) is 16.1. The molecule has 0 spiro atoms. The zero-order valence-electron chi connectivity index (χ0n) is 15.1. The molecule has 21 heavy (non-hydrogen) atoms. The SMILES string of the molecule is CC#CCCC(=O)CCCO[Si](C(C)C)(C(C)C)C(C)C. The molecule has 0 N–H and O–H groups in total. The van der Waals surface area contributed by atoms with Crippen LogP contribution in [0.1, 0.15) is 74.1 Å². The van der Waals surface area contributed by atoms with Crippen LogP contribution in [0, 0.1) is 11.8 Å². The molecule has 0 aliphatic heterocycles. The number of Topliss-reactive ketones (excluding diaryl/α,β-unsaturated/α-hetero) is 1. The number of carbonyl (C=O) groups is 1. The fourth-order valence-electron chi connectivity index (χ4n) is 3.47. The van der Waals surface area contributed by atoms with Crippen molar-refractivity contribution in [3.05, 3.63) is 0 Å². The molecule has 0 aromatic rings. The second-order valence-electron chi connectivity index (χ2n) is 6.74. The van der Waals surface area contributed by atoms with Gasteiger partial charge in [0.15, 0.2) is 8.32 Å². The normalized spacial score (nSPS) is 11.9. The Balaban J connectivity index is 4.32. The van der Waals surface area contributed by atoms with Crippen LogP contribution in [-0.4, -0.2) is 20.7 Å². The fraction of sp³-hybridized carbons (Fsp3) is 0.833. The molecule has 0 fully saturated rings. The monoisotopic (exact) mass is 310 g/mol. The summed E-state index contributed by atoms with van der Waals surface area (Å²) in [4.78, 5) is 11.7. The van der Waals surface area contributed by atoms with Crippen LogP contribution in [0.5, 0.6) is 0 Å². The van der Waals surface area contributed by atoms with Gasteiger partial charge < -0.3 is 4.43 Å². The molecule has 0 radical (unpaired) electrons. The Labute approximate surface area is 133 Å². The molecule has 0 bridgehead atoms. The molecule has 0 aromatic heterocycles. The van der Waals surface area contributed by atoms with Gasteiger partial charge in [-0.15, -0.1) is 11.8 Å². The molecule has 0 rings (SSSR count). The van der Waals surface area contributed by atoms with Crippen molar-refractivity contribution in [3.8, 4) is 11.8 Å². The van der Waals surface area contributed by atoms with Crippen molar-refractivity contribution in [2.45, 2.75) is 90.8 Å². The van der Waals surface area contributed by atoms with Crippen molar-refractivity contribution in [2.75, 3.05) is 6.61 Å². The van der Waals surface area contributed by atoms with Crippen LogP contribution in [0.3, 0.4) is 0 Å². The summed E-state index contributed by atoms with van der Waals surface area (Å²) in [6, 6.07) is 0. The molecule has 122 valence electrons. The van der Waals surface area contributed by atoms with Crippen LogP contribution >= 0.6 is 0 Å². The standard InChI is InChI=1S/C18H34O2Si/c1-8-9-10-12-18(19)13-11-14-20-21(15(2)3,16(4)5)17(6)7/h15-17H,10-14H2,1-7H3. The molecule has 0 aliphatic rings. The maximum absolute atomic E-state index is 11.7. The van der Waals surface area contributed by atoms with E-state index in [0.29, 0.717) is 41.7 Å². The summed E-state index contributed by atoms with van der Waals surface area (Å²) in [7, 11) is -1.76. The summed E-state index contributed by atoms with van der Waals surface area (Å²) in [6.07, 6.45) is 2.75. The Kier molecular flexibility index (Phi) is 9.90. The van der Waals surface area contributed by atoms with E-state index in [0.717, 1.165) is 13.0 Å². The summed E-state index contributed by atoms with van der Waals surface area (Å²) < 4.78 is 6.45. The van der Waals surface area contributed by atoms with Crippen molar-refractivity contribution in [3.63, 3.8) is 0 Å². The van der Waals surface area contributed by atoms with Crippen molar-refractivity contribution in [2.24, 2.45) is 0 Å². The molecule has 0 aromatic carbocycles. The summed E-state index contributed by atoms with van der Waals surface area (Å²) in [6.45, 7) is 16.3. The lowest BCUT2D eigenvalue weighted by molar-refractivity contribution is -0.119. The van der Waals surface area contributed by atoms with E-state index in [1.54, 1.807) is 0 Å². The summed E-state index contributed by atoms with van der Waals surface area (Å²) in [5.41, 5.74) is 1.81. The maximum atomic E-state index is 11.7. The highest BCUT2D eigenvalue weighted by atomic mass is 28.4. The predicted octanol–water partition coefficient (Wildman–Crippen LogP) is 5.33. The molecule has 0 saturated carbocycles. The number of carbonyl (C=O) groups excluding carboxylic acids is 1. The van der Waals surface area contributed by atoms with Gasteiger partial charge in [0.05, 0.1) is 0 Å². The van der Waals surface area contributed by atoms with Gasteiger partial charge in [-0.25, -0.2) is 0 Å². The lowest BCUT2D eigenvalue weighted by Gasteiger charge is -2.42. The Morgan fingerprint density at radius 2 is 1.52 bits per heavy atom. The fourth-order valence-corrected chi connectivity index (χ4v) is 8.97. The first-order valence-electron chi connectivity index (χ1n) is 8.34. The van der Waals surface area contributed by atoms with Gasteiger partial charge in [0.25, 0.3) is 0 Å². The minimum absolute atomic E-state index is 0.312. The van der Waals surface area contributed by atoms with Gasteiger partial charge in [-0.2, -0.15) is 0 Å². The van der Waals surface area contributed by atoms with E-state index in [2.05, 4.69) is 53.4 Å². The van der Waals surface area contributed by atoms with E-state index in [1.165, 1.54) is 0 Å². The second-order valence-corrected chi connectivity index (χ2v) is 12.2. The van der Waals surface area contributed by atoms with E-state index in [4.69, 9.17) is 4.43 Å². The highest BCUT2D eigenvalue weighted by Gasteiger charge is 2.44. The maximum Gasteiger partial charge on any atom is 0.200 e. The lowest BCUT2D eigenvalue weighted by atomic mass is 10.1. The lowest BCUT2D eigenvalue weighted by Crippen LogP contribution is -2.48. The van der Waals surface area contributed by atoms with Gasteiger partial charge >= 0.3 is 0 Å². The van der Waals surface area contributed by atoms with Crippen LogP contribution in [0.25, 0.3) is 0 Å². The molecule has 2 nitrogen and oxygen atoms in total. The largest absolute Gasteiger partial charge is 0.416 e. The Morgan fingerprint density at radius 1 is 1.00 bits per heavy atom. The van der Waals surface area contributed by atoms with Gasteiger partial charge in [0, 0.05) is 25.9 Å². The predicted molar refractivity (Wildman–Crippen MR) is 93.9 cm³/mol. The van der Waals surface area contributed by atoms with Crippen LogP contribution in [0.4, 0.5) is 0 Å². The van der Waals surface area contributed by atoms with Gasteiger partial charge in [-0.3, -0.25) is 4.79 Å². The van der Waals surface area contributed by atoms with Crippen LogP contribution in [0.2, 0.25) is 16.6 Å². The van der Waals surface area contributed by atoms with Crippen molar-refractivity contribution in [1.29, 1.82) is 0 Å². The van der Waals surface area contributed by atoms with E-state index in [1.807, 2.05) is 6.92 Å².